The van der Waals surface area contributed by atoms with Crippen LogP contribution < -0.4 is 15.5 Å². The summed E-state index contributed by atoms with van der Waals surface area (Å²) in [5.74, 6) is -0.890. The smallest absolute Gasteiger partial charge is 0.270 e. The Bertz CT molecular complexity index is 991. The van der Waals surface area contributed by atoms with Gasteiger partial charge in [-0.3, -0.25) is 20.2 Å². The van der Waals surface area contributed by atoms with E-state index in [1.807, 2.05) is 4.90 Å². The van der Waals surface area contributed by atoms with Gasteiger partial charge in [0, 0.05) is 30.9 Å². The van der Waals surface area contributed by atoms with E-state index in [9.17, 15) is 20.0 Å². The lowest BCUT2D eigenvalue weighted by Gasteiger charge is -2.30. The summed E-state index contributed by atoms with van der Waals surface area (Å²) in [5, 5.41) is 26.0. The molecule has 3 rings (SSSR count). The van der Waals surface area contributed by atoms with Crippen molar-refractivity contribution in [2.45, 2.75) is 0 Å². The van der Waals surface area contributed by atoms with E-state index in [0.717, 1.165) is 0 Å². The minimum Gasteiger partial charge on any atom is -0.505 e. The summed E-state index contributed by atoms with van der Waals surface area (Å²) in [4.78, 5) is 25.4. The van der Waals surface area contributed by atoms with Crippen LogP contribution in [0, 0.1) is 10.1 Å². The van der Waals surface area contributed by atoms with E-state index in [4.69, 9.17) is 40.2 Å². The monoisotopic (exact) mass is 470 g/mol. The third kappa shape index (κ3) is 5.08. The molecule has 0 radical (unpaired) electrons. The zero-order valence-electron chi connectivity index (χ0n) is 15.4. The van der Waals surface area contributed by atoms with E-state index in [2.05, 4.69) is 10.6 Å². The van der Waals surface area contributed by atoms with E-state index >= 15 is 0 Å². The van der Waals surface area contributed by atoms with Gasteiger partial charge < -0.3 is 20.1 Å². The minimum atomic E-state index is -0.617. The Morgan fingerprint density at radius 1 is 1.20 bits per heavy atom. The van der Waals surface area contributed by atoms with Crippen LogP contribution in [0.15, 0.2) is 30.3 Å². The van der Waals surface area contributed by atoms with Crippen molar-refractivity contribution in [3.05, 3.63) is 56.1 Å². The second kappa shape index (κ2) is 9.43. The molecule has 2 aromatic rings. The fraction of sp³-hybridized carbons (Fsp3) is 0.222. The van der Waals surface area contributed by atoms with Crippen LogP contribution in [0.2, 0.25) is 10.0 Å². The molecule has 1 amide bonds. The molecular weight excluding hydrogens is 455 g/mol. The highest BCUT2D eigenvalue weighted by Gasteiger charge is 2.22. The predicted octanol–water partition coefficient (Wildman–Crippen LogP) is 3.57. The average Bonchev–Trinajstić information content (AvgIpc) is 2.72. The lowest BCUT2D eigenvalue weighted by molar-refractivity contribution is -0.384. The van der Waals surface area contributed by atoms with Gasteiger partial charge >= 0.3 is 0 Å². The molecule has 158 valence electrons. The number of anilines is 2. The van der Waals surface area contributed by atoms with Gasteiger partial charge in [-0.25, -0.2) is 0 Å². The molecule has 1 aliphatic rings. The molecule has 30 heavy (non-hydrogen) atoms. The van der Waals surface area contributed by atoms with Crippen molar-refractivity contribution in [2.75, 3.05) is 36.5 Å². The number of ether oxygens (including phenoxy) is 1. The zero-order chi connectivity index (χ0) is 21.8. The number of nitrogens with zero attached hydrogens (tertiary/aromatic N) is 2. The predicted molar refractivity (Wildman–Crippen MR) is 118 cm³/mol. The molecule has 0 unspecified atom stereocenters. The normalized spacial score (nSPS) is 13.6. The number of phenols is 1. The SMILES string of the molecule is O=C(NC(=S)Nc1cc(Cl)c(O)c(Cl)c1)c1cc([N+](=O)[O-])ccc1N1CCOCC1. The minimum absolute atomic E-state index is 0.00687. The van der Waals surface area contributed by atoms with Crippen LogP contribution in [0.5, 0.6) is 5.75 Å². The number of hydrogen-bond donors (Lipinski definition) is 3. The van der Waals surface area contributed by atoms with Crippen LogP contribution >= 0.6 is 35.4 Å². The van der Waals surface area contributed by atoms with Crippen molar-refractivity contribution in [2.24, 2.45) is 0 Å². The van der Waals surface area contributed by atoms with Crippen LogP contribution in [-0.2, 0) is 4.74 Å². The van der Waals surface area contributed by atoms with Crippen molar-refractivity contribution >= 4 is 63.5 Å². The van der Waals surface area contributed by atoms with Gasteiger partial charge in [0.05, 0.1) is 39.4 Å². The number of halogens is 2. The maximum Gasteiger partial charge on any atom is 0.270 e. The van der Waals surface area contributed by atoms with Crippen molar-refractivity contribution in [1.29, 1.82) is 0 Å². The molecule has 1 aliphatic heterocycles. The summed E-state index contributed by atoms with van der Waals surface area (Å²) in [7, 11) is 0. The second-order valence-corrected chi connectivity index (χ2v) is 7.48. The molecule has 12 heteroatoms. The Morgan fingerprint density at radius 3 is 2.43 bits per heavy atom. The lowest BCUT2D eigenvalue weighted by Crippen LogP contribution is -2.39. The third-order valence-corrected chi connectivity index (χ3v) is 5.07. The summed E-state index contributed by atoms with van der Waals surface area (Å²) in [6.45, 7) is 2.07. The Hall–Kier alpha value is -2.66. The first-order chi connectivity index (χ1) is 14.3. The summed E-state index contributed by atoms with van der Waals surface area (Å²) in [6, 6.07) is 6.85. The third-order valence-electron chi connectivity index (χ3n) is 4.29. The number of non-ortho nitro benzene ring substituents is 1. The number of rotatable bonds is 4. The molecule has 0 saturated carbocycles. The van der Waals surface area contributed by atoms with Crippen LogP contribution in [-0.4, -0.2) is 47.4 Å². The molecule has 1 fully saturated rings. The lowest BCUT2D eigenvalue weighted by atomic mass is 10.1. The molecule has 0 spiro atoms. The summed E-state index contributed by atoms with van der Waals surface area (Å²) in [6.07, 6.45) is 0. The van der Waals surface area contributed by atoms with Gasteiger partial charge in [0.1, 0.15) is 0 Å². The Labute approximate surface area is 186 Å². The van der Waals surface area contributed by atoms with Gasteiger partial charge in [-0.15, -0.1) is 0 Å². The van der Waals surface area contributed by atoms with Gasteiger partial charge in [-0.2, -0.15) is 0 Å². The summed E-state index contributed by atoms with van der Waals surface area (Å²) >= 11 is 16.9. The zero-order valence-corrected chi connectivity index (χ0v) is 17.7. The van der Waals surface area contributed by atoms with E-state index in [-0.39, 0.29) is 32.2 Å². The number of nitrogens with one attached hydrogen (secondary N) is 2. The highest BCUT2D eigenvalue weighted by atomic mass is 35.5. The molecule has 0 bridgehead atoms. The first kappa shape index (κ1) is 22.0. The van der Waals surface area contributed by atoms with Crippen LogP contribution in [0.1, 0.15) is 10.4 Å². The number of carbonyl (C=O) groups is 1. The summed E-state index contributed by atoms with van der Waals surface area (Å²) < 4.78 is 5.32. The number of nitro groups is 1. The number of phenolic OH excluding ortho intramolecular Hbond substituents is 1. The van der Waals surface area contributed by atoms with Crippen molar-refractivity contribution < 1.29 is 19.6 Å². The largest absolute Gasteiger partial charge is 0.505 e. The quantitative estimate of drug-likeness (QED) is 0.268. The summed E-state index contributed by atoms with van der Waals surface area (Å²) in [5.41, 5.74) is 0.783. The molecule has 1 saturated heterocycles. The topological polar surface area (TPSA) is 117 Å². The van der Waals surface area contributed by atoms with Crippen LogP contribution in [0.3, 0.4) is 0 Å². The van der Waals surface area contributed by atoms with E-state index in [1.165, 1.54) is 30.3 Å². The molecule has 0 aromatic heterocycles. The number of amides is 1. The van der Waals surface area contributed by atoms with E-state index in [1.54, 1.807) is 0 Å². The average molecular weight is 471 g/mol. The van der Waals surface area contributed by atoms with Gasteiger partial charge in [-0.1, -0.05) is 23.2 Å². The second-order valence-electron chi connectivity index (χ2n) is 6.25. The highest BCUT2D eigenvalue weighted by molar-refractivity contribution is 7.80. The van der Waals surface area contributed by atoms with Gasteiger partial charge in [-0.05, 0) is 30.4 Å². The fourth-order valence-corrected chi connectivity index (χ4v) is 3.57. The van der Waals surface area contributed by atoms with Gasteiger partial charge in [0.25, 0.3) is 11.6 Å². The molecular formula is C18H16Cl2N4O5S. The first-order valence-electron chi connectivity index (χ1n) is 8.67. The van der Waals surface area contributed by atoms with Crippen molar-refractivity contribution in [1.82, 2.24) is 5.32 Å². The number of nitro benzene ring substituents is 1. The highest BCUT2D eigenvalue weighted by Crippen LogP contribution is 2.34. The van der Waals surface area contributed by atoms with Crippen LogP contribution in [0.25, 0.3) is 0 Å². The Kier molecular flexibility index (Phi) is 6.93. The number of benzene rings is 2. The van der Waals surface area contributed by atoms with E-state index < -0.39 is 10.8 Å². The van der Waals surface area contributed by atoms with Gasteiger partial charge in [0.2, 0.25) is 0 Å². The molecule has 1 heterocycles. The molecule has 0 aliphatic carbocycles. The molecule has 2 aromatic carbocycles. The number of carbonyl (C=O) groups excluding carboxylic acids is 1. The fourth-order valence-electron chi connectivity index (χ4n) is 2.87. The maximum atomic E-state index is 12.9. The number of thiocarbonyl (C=S) groups is 1. The van der Waals surface area contributed by atoms with Crippen molar-refractivity contribution in [3.8, 4) is 5.75 Å². The standard InChI is InChI=1S/C18H16Cl2N4O5S/c19-13-7-10(8-14(20)16(13)25)21-18(30)22-17(26)12-9-11(24(27)28)1-2-15(12)23-3-5-29-6-4-23/h1-2,7-9,25H,3-6H2,(H2,21,22,26,30). The molecule has 0 atom stereocenters. The number of hydrogen-bond acceptors (Lipinski definition) is 7. The number of morpholine rings is 1. The van der Waals surface area contributed by atoms with Crippen molar-refractivity contribution in [3.63, 3.8) is 0 Å². The maximum absolute atomic E-state index is 12.9. The van der Waals surface area contributed by atoms with Gasteiger partial charge in [0.15, 0.2) is 10.9 Å². The van der Waals surface area contributed by atoms with E-state index in [0.29, 0.717) is 37.7 Å². The van der Waals surface area contributed by atoms with Crippen LogP contribution in [0.4, 0.5) is 17.1 Å². The Balaban J connectivity index is 1.81. The number of aromatic hydroxyl groups is 1. The molecule has 3 N–H and O–H groups in total. The Morgan fingerprint density at radius 2 is 1.83 bits per heavy atom. The first-order valence-corrected chi connectivity index (χ1v) is 9.84. The molecule has 9 nitrogen and oxygen atoms in total.